The lowest BCUT2D eigenvalue weighted by Crippen LogP contribution is -2.47. The molecule has 0 aliphatic heterocycles. The first-order valence-corrected chi connectivity index (χ1v) is 9.15. The van der Waals surface area contributed by atoms with Crippen LogP contribution in [0.15, 0.2) is 36.4 Å². The number of halogens is 3. The zero-order chi connectivity index (χ0) is 19.4. The molecule has 0 spiro atoms. The highest BCUT2D eigenvalue weighted by Gasteiger charge is 2.26. The minimum absolute atomic E-state index is 0.127. The molecule has 0 aliphatic rings. The normalized spacial score (nSPS) is 12.0. The van der Waals surface area contributed by atoms with Crippen LogP contribution < -0.4 is 10.6 Å². The monoisotopic (exact) mass is 412 g/mol. The van der Waals surface area contributed by atoms with Crippen LogP contribution in [0.3, 0.4) is 0 Å². The van der Waals surface area contributed by atoms with E-state index in [1.54, 1.807) is 24.3 Å². The van der Waals surface area contributed by atoms with Crippen molar-refractivity contribution in [2.75, 3.05) is 5.32 Å². The maximum Gasteiger partial charge on any atom is 0.253 e. The van der Waals surface area contributed by atoms with Crippen LogP contribution in [-0.2, 0) is 4.79 Å². The molecule has 0 aliphatic carbocycles. The molecule has 138 valence electrons. The first-order valence-electron chi connectivity index (χ1n) is 8.02. The molecule has 0 saturated heterocycles. The molecule has 2 N–H and O–H groups in total. The van der Waals surface area contributed by atoms with Gasteiger partial charge in [-0.25, -0.2) is 0 Å². The molecule has 2 rings (SSSR count). The van der Waals surface area contributed by atoms with E-state index in [0.717, 1.165) is 5.56 Å². The minimum atomic E-state index is -0.732. The minimum Gasteiger partial charge on any atom is -0.340 e. The standard InChI is InChI=1S/C19H19Cl3N2O2/c1-10(2)17(19(26)23-16-7-5-12(20)8-11(16)3)24-18(25)14-6-4-13(21)9-15(14)22/h4-10,17H,1-3H3,(H,23,26)(H,24,25)/t17-/m0/s1. The summed E-state index contributed by atoms with van der Waals surface area (Å²) in [5, 5.41) is 6.82. The number of hydrogen-bond acceptors (Lipinski definition) is 2. The first-order chi connectivity index (χ1) is 12.2. The van der Waals surface area contributed by atoms with Crippen LogP contribution in [0.5, 0.6) is 0 Å². The Morgan fingerprint density at radius 3 is 2.15 bits per heavy atom. The highest BCUT2D eigenvalue weighted by Crippen LogP contribution is 2.22. The zero-order valence-electron chi connectivity index (χ0n) is 14.6. The number of anilines is 1. The summed E-state index contributed by atoms with van der Waals surface area (Å²) in [4.78, 5) is 25.2. The van der Waals surface area contributed by atoms with E-state index < -0.39 is 11.9 Å². The predicted octanol–water partition coefficient (Wildman–Crippen LogP) is 5.35. The molecule has 2 aromatic rings. The molecule has 2 aromatic carbocycles. The Labute approximate surface area is 167 Å². The smallest absolute Gasteiger partial charge is 0.253 e. The topological polar surface area (TPSA) is 58.2 Å². The molecule has 0 fully saturated rings. The highest BCUT2D eigenvalue weighted by atomic mass is 35.5. The van der Waals surface area contributed by atoms with Gasteiger partial charge in [0.15, 0.2) is 0 Å². The second-order valence-corrected chi connectivity index (χ2v) is 7.55. The quantitative estimate of drug-likeness (QED) is 0.694. The summed E-state index contributed by atoms with van der Waals surface area (Å²) in [5.41, 5.74) is 1.74. The number of aryl methyl sites for hydroxylation is 1. The van der Waals surface area contributed by atoms with Gasteiger partial charge in [0.25, 0.3) is 5.91 Å². The van der Waals surface area contributed by atoms with Gasteiger partial charge >= 0.3 is 0 Å². The molecule has 0 aromatic heterocycles. The van der Waals surface area contributed by atoms with Gasteiger partial charge in [-0.1, -0.05) is 48.7 Å². The molecule has 0 saturated carbocycles. The Balaban J connectivity index is 2.17. The van der Waals surface area contributed by atoms with Crippen LogP contribution in [0.1, 0.15) is 29.8 Å². The number of benzene rings is 2. The second-order valence-electron chi connectivity index (χ2n) is 6.27. The molecule has 2 amide bonds. The highest BCUT2D eigenvalue weighted by molar-refractivity contribution is 6.36. The van der Waals surface area contributed by atoms with Crippen LogP contribution >= 0.6 is 34.8 Å². The van der Waals surface area contributed by atoms with Gasteiger partial charge in [0.2, 0.25) is 5.91 Å². The van der Waals surface area contributed by atoms with E-state index in [9.17, 15) is 9.59 Å². The maximum absolute atomic E-state index is 12.7. The van der Waals surface area contributed by atoms with Crippen LogP contribution in [0.4, 0.5) is 5.69 Å². The third kappa shape index (κ3) is 5.13. The third-order valence-electron chi connectivity index (χ3n) is 3.86. The molecule has 26 heavy (non-hydrogen) atoms. The van der Waals surface area contributed by atoms with E-state index in [4.69, 9.17) is 34.8 Å². The van der Waals surface area contributed by atoms with Crippen molar-refractivity contribution in [2.45, 2.75) is 26.8 Å². The Bertz CT molecular complexity index is 838. The van der Waals surface area contributed by atoms with Gasteiger partial charge in [-0.2, -0.15) is 0 Å². The molecule has 0 unspecified atom stereocenters. The van der Waals surface area contributed by atoms with Crippen molar-refractivity contribution in [1.82, 2.24) is 5.32 Å². The fourth-order valence-corrected chi connectivity index (χ4v) is 3.13. The Morgan fingerprint density at radius 1 is 0.962 bits per heavy atom. The molecule has 7 heteroatoms. The lowest BCUT2D eigenvalue weighted by molar-refractivity contribution is -0.118. The summed E-state index contributed by atoms with van der Waals surface area (Å²) in [6.45, 7) is 5.55. The van der Waals surface area contributed by atoms with E-state index >= 15 is 0 Å². The fourth-order valence-electron chi connectivity index (χ4n) is 2.41. The number of carbonyl (C=O) groups excluding carboxylic acids is 2. The lowest BCUT2D eigenvalue weighted by Gasteiger charge is -2.22. The van der Waals surface area contributed by atoms with E-state index in [2.05, 4.69) is 10.6 Å². The molecule has 0 heterocycles. The van der Waals surface area contributed by atoms with Crippen molar-refractivity contribution in [2.24, 2.45) is 5.92 Å². The third-order valence-corrected chi connectivity index (χ3v) is 4.64. The van der Waals surface area contributed by atoms with Gasteiger partial charge in [-0.3, -0.25) is 9.59 Å². The van der Waals surface area contributed by atoms with Crippen molar-refractivity contribution < 1.29 is 9.59 Å². The van der Waals surface area contributed by atoms with Crippen LogP contribution in [0.2, 0.25) is 15.1 Å². The summed E-state index contributed by atoms with van der Waals surface area (Å²) >= 11 is 17.9. The lowest BCUT2D eigenvalue weighted by atomic mass is 10.0. The maximum atomic E-state index is 12.7. The molecule has 0 bridgehead atoms. The van der Waals surface area contributed by atoms with Crippen molar-refractivity contribution in [3.63, 3.8) is 0 Å². The van der Waals surface area contributed by atoms with Crippen molar-refractivity contribution in [1.29, 1.82) is 0 Å². The number of hydrogen-bond donors (Lipinski definition) is 2. The summed E-state index contributed by atoms with van der Waals surface area (Å²) in [7, 11) is 0. The van der Waals surface area contributed by atoms with Crippen molar-refractivity contribution >= 4 is 52.3 Å². The number of rotatable bonds is 5. The summed E-state index contributed by atoms with van der Waals surface area (Å²) in [5.74, 6) is -0.880. The molecular weight excluding hydrogens is 395 g/mol. The van der Waals surface area contributed by atoms with Crippen LogP contribution in [0.25, 0.3) is 0 Å². The van der Waals surface area contributed by atoms with Crippen LogP contribution in [-0.4, -0.2) is 17.9 Å². The van der Waals surface area contributed by atoms with Crippen LogP contribution in [0, 0.1) is 12.8 Å². The molecular formula is C19H19Cl3N2O2. The molecule has 0 radical (unpaired) electrons. The van der Waals surface area contributed by atoms with Crippen molar-refractivity contribution in [3.05, 3.63) is 62.6 Å². The van der Waals surface area contributed by atoms with E-state index in [1.807, 2.05) is 20.8 Å². The summed E-state index contributed by atoms with van der Waals surface area (Å²) in [6, 6.07) is 9.03. The van der Waals surface area contributed by atoms with Crippen molar-refractivity contribution in [3.8, 4) is 0 Å². The first kappa shape index (κ1) is 20.6. The van der Waals surface area contributed by atoms with E-state index in [1.165, 1.54) is 12.1 Å². The van der Waals surface area contributed by atoms with E-state index in [0.29, 0.717) is 15.7 Å². The Kier molecular flexibility index (Phi) is 6.93. The largest absolute Gasteiger partial charge is 0.340 e. The predicted molar refractivity (Wildman–Crippen MR) is 107 cm³/mol. The number of nitrogens with one attached hydrogen (secondary N) is 2. The zero-order valence-corrected chi connectivity index (χ0v) is 16.8. The van der Waals surface area contributed by atoms with Gasteiger partial charge in [-0.05, 0) is 54.8 Å². The molecule has 1 atom stereocenters. The van der Waals surface area contributed by atoms with Gasteiger partial charge < -0.3 is 10.6 Å². The average molecular weight is 414 g/mol. The van der Waals surface area contributed by atoms with Gasteiger partial charge in [-0.15, -0.1) is 0 Å². The number of amides is 2. The van der Waals surface area contributed by atoms with Gasteiger partial charge in [0, 0.05) is 15.7 Å². The Hall–Kier alpha value is -1.75. The fraction of sp³-hybridized carbons (Fsp3) is 0.263. The van der Waals surface area contributed by atoms with Gasteiger partial charge in [0.1, 0.15) is 6.04 Å². The summed E-state index contributed by atoms with van der Waals surface area (Å²) < 4.78 is 0. The SMILES string of the molecule is Cc1cc(Cl)ccc1NC(=O)[C@@H](NC(=O)c1ccc(Cl)cc1Cl)C(C)C. The average Bonchev–Trinajstić information content (AvgIpc) is 2.54. The second kappa shape index (κ2) is 8.76. The van der Waals surface area contributed by atoms with Gasteiger partial charge in [0.05, 0.1) is 10.6 Å². The van der Waals surface area contributed by atoms with E-state index in [-0.39, 0.29) is 22.4 Å². The summed E-state index contributed by atoms with van der Waals surface area (Å²) in [6.07, 6.45) is 0. The molecule has 4 nitrogen and oxygen atoms in total. The number of carbonyl (C=O) groups is 2. The Morgan fingerprint density at radius 2 is 1.58 bits per heavy atom.